The van der Waals surface area contributed by atoms with Gasteiger partial charge in [0.15, 0.2) is 0 Å². The van der Waals surface area contributed by atoms with Crippen LogP contribution in [0.3, 0.4) is 0 Å². The second-order valence-electron chi connectivity index (χ2n) is 10.4. The summed E-state index contributed by atoms with van der Waals surface area (Å²) in [6.45, 7) is 3.01. The Kier molecular flexibility index (Phi) is 7.65. The highest BCUT2D eigenvalue weighted by atomic mass is 16.6. The third kappa shape index (κ3) is 5.78. The number of carbonyl (C=O) groups is 1. The van der Waals surface area contributed by atoms with E-state index >= 15 is 0 Å². The van der Waals surface area contributed by atoms with Gasteiger partial charge in [-0.1, -0.05) is 78.9 Å². The van der Waals surface area contributed by atoms with Crippen LogP contribution >= 0.6 is 0 Å². The van der Waals surface area contributed by atoms with Crippen molar-refractivity contribution in [3.63, 3.8) is 0 Å². The molecule has 41 heavy (non-hydrogen) atoms. The second-order valence-corrected chi connectivity index (χ2v) is 10.4. The van der Waals surface area contributed by atoms with Crippen LogP contribution in [0.5, 0.6) is 0 Å². The summed E-state index contributed by atoms with van der Waals surface area (Å²) < 4.78 is 5.60. The predicted molar refractivity (Wildman–Crippen MR) is 160 cm³/mol. The number of nitrogens with zero attached hydrogens (tertiary/aromatic N) is 3. The number of hydrogen-bond acceptors (Lipinski definition) is 5. The zero-order valence-electron chi connectivity index (χ0n) is 23.3. The molecule has 3 heterocycles. The van der Waals surface area contributed by atoms with Crippen LogP contribution in [0.25, 0.3) is 33.6 Å². The lowest BCUT2D eigenvalue weighted by molar-refractivity contribution is 0.0910. The number of rotatable bonds is 8. The molecule has 2 aromatic heterocycles. The average molecular weight is 547 g/mol. The number of carbonyl (C=O) groups excluding carboxylic acids is 1. The molecule has 6 rings (SSSR count). The fraction of sp³-hybridized carbons (Fsp3) is 0.242. The van der Waals surface area contributed by atoms with Gasteiger partial charge in [-0.25, -0.2) is 14.8 Å². The van der Waals surface area contributed by atoms with Gasteiger partial charge >= 0.3 is 6.09 Å². The Morgan fingerprint density at radius 3 is 2.17 bits per heavy atom. The number of hydrogen-bond donors (Lipinski definition) is 3. The first kappa shape index (κ1) is 26.5. The van der Waals surface area contributed by atoms with E-state index in [0.717, 1.165) is 63.7 Å². The van der Waals surface area contributed by atoms with Gasteiger partial charge in [0.2, 0.25) is 0 Å². The van der Waals surface area contributed by atoms with Gasteiger partial charge in [0.05, 0.1) is 35.9 Å². The molecule has 0 aliphatic carbocycles. The molecule has 0 radical (unpaired) electrons. The van der Waals surface area contributed by atoms with Crippen molar-refractivity contribution < 1.29 is 9.53 Å². The molecule has 5 aromatic rings. The van der Waals surface area contributed by atoms with Crippen LogP contribution in [0, 0.1) is 0 Å². The fourth-order valence-electron chi connectivity index (χ4n) is 5.25. The number of benzene rings is 3. The third-order valence-electron chi connectivity index (χ3n) is 7.77. The maximum atomic E-state index is 12.8. The lowest BCUT2D eigenvalue weighted by atomic mass is 10.0. The van der Waals surface area contributed by atoms with Crippen LogP contribution in [0.15, 0.2) is 91.3 Å². The molecule has 0 unspecified atom stereocenters. The number of nitrogens with one attached hydrogen (secondary N) is 3. The summed E-state index contributed by atoms with van der Waals surface area (Å²) in [5.74, 6) is 1.72. The molecule has 0 saturated carbocycles. The van der Waals surface area contributed by atoms with Gasteiger partial charge < -0.3 is 20.0 Å². The Labute approximate surface area is 239 Å². The molecule has 8 nitrogen and oxygen atoms in total. The lowest BCUT2D eigenvalue weighted by Crippen LogP contribution is -2.31. The first-order chi connectivity index (χ1) is 20.1. The summed E-state index contributed by atoms with van der Waals surface area (Å²) in [5, 5.41) is 3.20. The molecular formula is C33H34N6O2. The van der Waals surface area contributed by atoms with Crippen LogP contribution in [0.1, 0.15) is 49.1 Å². The van der Waals surface area contributed by atoms with Gasteiger partial charge in [-0.15, -0.1) is 0 Å². The number of aromatic amines is 2. The topological polar surface area (TPSA) is 98.9 Å². The molecule has 1 aliphatic rings. The van der Waals surface area contributed by atoms with Crippen LogP contribution < -0.4 is 5.32 Å². The van der Waals surface area contributed by atoms with Gasteiger partial charge in [0.1, 0.15) is 18.3 Å². The standard InChI is InChI=1S/C33H34N6O2/c1-22(34-2)31-35-19-28(37-31)26-14-10-24(11-15-26)25-12-16-27(17-13-25)29-20-36-32(38-29)30-9-6-18-39(30)33(40)41-21-23-7-4-3-5-8-23/h3-5,7-8,10-17,19-20,22,30,34H,6,9,18,21H2,1-2H3,(H,35,37)(H,36,38)/t22-,30-/m0/s1. The number of aromatic nitrogens is 4. The minimum absolute atomic E-state index is 0.114. The number of amides is 1. The van der Waals surface area contributed by atoms with E-state index in [-0.39, 0.29) is 24.8 Å². The molecule has 0 spiro atoms. The van der Waals surface area contributed by atoms with Gasteiger partial charge in [0, 0.05) is 6.54 Å². The minimum Gasteiger partial charge on any atom is -0.445 e. The molecule has 1 amide bonds. The Bertz CT molecular complexity index is 1590. The molecule has 3 N–H and O–H groups in total. The summed E-state index contributed by atoms with van der Waals surface area (Å²) in [6, 6.07) is 26.7. The molecule has 0 bridgehead atoms. The summed E-state index contributed by atoms with van der Waals surface area (Å²) in [7, 11) is 1.92. The van der Waals surface area contributed by atoms with Crippen molar-refractivity contribution >= 4 is 6.09 Å². The molecule has 3 aromatic carbocycles. The number of imidazole rings is 2. The van der Waals surface area contributed by atoms with E-state index in [9.17, 15) is 4.79 Å². The quantitative estimate of drug-likeness (QED) is 0.197. The van der Waals surface area contributed by atoms with Gasteiger partial charge in [-0.2, -0.15) is 0 Å². The highest BCUT2D eigenvalue weighted by Gasteiger charge is 2.33. The van der Waals surface area contributed by atoms with Crippen LogP contribution in [0.4, 0.5) is 4.79 Å². The minimum atomic E-state index is -0.301. The van der Waals surface area contributed by atoms with E-state index < -0.39 is 0 Å². The van der Waals surface area contributed by atoms with Gasteiger partial charge in [-0.05, 0) is 54.6 Å². The molecule has 1 saturated heterocycles. The maximum Gasteiger partial charge on any atom is 0.410 e. The van der Waals surface area contributed by atoms with E-state index in [0.29, 0.717) is 6.54 Å². The van der Waals surface area contributed by atoms with Crippen LogP contribution in [-0.2, 0) is 11.3 Å². The van der Waals surface area contributed by atoms with Crippen molar-refractivity contribution in [2.24, 2.45) is 0 Å². The van der Waals surface area contributed by atoms with Gasteiger partial charge in [0.25, 0.3) is 0 Å². The number of H-pyrrole nitrogens is 2. The molecule has 208 valence electrons. The van der Waals surface area contributed by atoms with Crippen molar-refractivity contribution in [1.29, 1.82) is 0 Å². The normalized spacial score (nSPS) is 15.7. The molecule has 2 atom stereocenters. The Hall–Kier alpha value is -4.69. The van der Waals surface area contributed by atoms with E-state index in [1.54, 1.807) is 4.90 Å². The van der Waals surface area contributed by atoms with E-state index in [1.807, 2.05) is 49.8 Å². The highest BCUT2D eigenvalue weighted by molar-refractivity contribution is 5.72. The Balaban J connectivity index is 1.11. The van der Waals surface area contributed by atoms with Crippen molar-refractivity contribution in [2.75, 3.05) is 13.6 Å². The maximum absolute atomic E-state index is 12.8. The molecular weight excluding hydrogens is 512 g/mol. The molecule has 1 fully saturated rings. The van der Waals surface area contributed by atoms with Crippen molar-refractivity contribution in [1.82, 2.24) is 30.2 Å². The molecule has 8 heteroatoms. The van der Waals surface area contributed by atoms with Crippen LogP contribution in [-0.4, -0.2) is 44.5 Å². The summed E-state index contributed by atoms with van der Waals surface area (Å²) in [4.78, 5) is 30.6. The first-order valence-electron chi connectivity index (χ1n) is 14.0. The Morgan fingerprint density at radius 2 is 1.51 bits per heavy atom. The van der Waals surface area contributed by atoms with E-state index in [1.165, 1.54) is 0 Å². The van der Waals surface area contributed by atoms with E-state index in [4.69, 9.17) is 4.74 Å². The van der Waals surface area contributed by atoms with E-state index in [2.05, 4.69) is 80.7 Å². The van der Waals surface area contributed by atoms with Crippen LogP contribution in [0.2, 0.25) is 0 Å². The van der Waals surface area contributed by atoms with Crippen molar-refractivity contribution in [3.05, 3.63) is 108 Å². The number of likely N-dealkylation sites (tertiary alicyclic amines) is 1. The van der Waals surface area contributed by atoms with Crippen molar-refractivity contribution in [2.45, 2.75) is 38.5 Å². The smallest absolute Gasteiger partial charge is 0.410 e. The number of ether oxygens (including phenoxy) is 1. The zero-order chi connectivity index (χ0) is 28.2. The second kappa shape index (κ2) is 11.8. The average Bonchev–Trinajstić information content (AvgIpc) is 3.81. The van der Waals surface area contributed by atoms with Crippen molar-refractivity contribution in [3.8, 4) is 33.6 Å². The first-order valence-corrected chi connectivity index (χ1v) is 14.0. The third-order valence-corrected chi connectivity index (χ3v) is 7.77. The summed E-state index contributed by atoms with van der Waals surface area (Å²) in [6.07, 6.45) is 5.20. The fourth-order valence-corrected chi connectivity index (χ4v) is 5.25. The SMILES string of the molecule is CN[C@@H](C)c1ncc(-c2ccc(-c3ccc(-c4cnc([C@@H]5CCCN5C(=O)OCc5ccccc5)[nH]4)cc3)cc2)[nH]1. The monoisotopic (exact) mass is 546 g/mol. The lowest BCUT2D eigenvalue weighted by Gasteiger charge is -2.22. The molecule has 1 aliphatic heterocycles. The zero-order valence-corrected chi connectivity index (χ0v) is 23.3. The Morgan fingerprint density at radius 1 is 0.902 bits per heavy atom. The predicted octanol–water partition coefficient (Wildman–Crippen LogP) is 6.89. The largest absolute Gasteiger partial charge is 0.445 e. The highest BCUT2D eigenvalue weighted by Crippen LogP contribution is 2.33. The summed E-state index contributed by atoms with van der Waals surface area (Å²) >= 11 is 0. The summed E-state index contributed by atoms with van der Waals surface area (Å²) in [5.41, 5.74) is 7.33. The van der Waals surface area contributed by atoms with Gasteiger partial charge in [-0.3, -0.25) is 4.90 Å².